The molecular weight excluding hydrogens is 272 g/mol. The van der Waals surface area contributed by atoms with Crippen LogP contribution in [0.2, 0.25) is 0 Å². The highest BCUT2D eigenvalue weighted by Gasteiger charge is 2.25. The minimum atomic E-state index is -0.439. The number of aliphatic hydroxyl groups is 1. The van der Waals surface area contributed by atoms with Crippen molar-refractivity contribution in [2.45, 2.75) is 37.8 Å². The van der Waals surface area contributed by atoms with Crippen molar-refractivity contribution < 1.29 is 10.0 Å². The van der Waals surface area contributed by atoms with E-state index in [1.807, 2.05) is 0 Å². The Labute approximate surface area is 121 Å². The average Bonchev–Trinajstić information content (AvgIpc) is 2.97. The van der Waals surface area contributed by atoms with Crippen molar-refractivity contribution in [1.29, 1.82) is 0 Å². The lowest BCUT2D eigenvalue weighted by atomic mass is 9.93. The van der Waals surface area contributed by atoms with Crippen molar-refractivity contribution in [2.75, 3.05) is 0 Å². The zero-order valence-corrected chi connectivity index (χ0v) is 11.4. The summed E-state index contributed by atoms with van der Waals surface area (Å²) in [5.74, 6) is 0.441. The zero-order chi connectivity index (χ0) is 14.8. The van der Waals surface area contributed by atoms with Gasteiger partial charge in [-0.05, 0) is 12.8 Å². The monoisotopic (exact) mass is 288 g/mol. The van der Waals surface area contributed by atoms with Gasteiger partial charge in [-0.1, -0.05) is 25.0 Å². The van der Waals surface area contributed by atoms with Gasteiger partial charge in [-0.3, -0.25) is 10.1 Å². The highest BCUT2D eigenvalue weighted by atomic mass is 16.6. The molecule has 1 saturated carbocycles. The Morgan fingerprint density at radius 3 is 2.90 bits per heavy atom. The van der Waals surface area contributed by atoms with E-state index in [4.69, 9.17) is 0 Å². The fraction of sp³-hybridized carbons (Fsp3) is 0.429. The molecule has 3 rings (SSSR count). The standard InChI is InChI=1S/C14H16N4O3/c19-13-7-2-1-6-12(13)17-9-15-14(16-17)10-4-3-5-11(8-10)18(20)21/h3-5,8-9,12-13,19H,1-2,6-7H2. The van der Waals surface area contributed by atoms with Gasteiger partial charge in [0.1, 0.15) is 6.33 Å². The van der Waals surface area contributed by atoms with Gasteiger partial charge in [-0.2, -0.15) is 5.10 Å². The SMILES string of the molecule is O=[N+]([O-])c1cccc(-c2ncn(C3CCCCC3O)n2)c1. The number of rotatable bonds is 3. The largest absolute Gasteiger partial charge is 0.391 e. The summed E-state index contributed by atoms with van der Waals surface area (Å²) in [6, 6.07) is 6.19. The summed E-state index contributed by atoms with van der Waals surface area (Å²) >= 11 is 0. The van der Waals surface area contributed by atoms with Crippen LogP contribution in [0.5, 0.6) is 0 Å². The van der Waals surface area contributed by atoms with Gasteiger partial charge in [0.15, 0.2) is 5.82 Å². The van der Waals surface area contributed by atoms with Crippen LogP contribution in [-0.2, 0) is 0 Å². The van der Waals surface area contributed by atoms with Crippen LogP contribution in [0.25, 0.3) is 11.4 Å². The predicted octanol–water partition coefficient (Wildman–Crippen LogP) is 2.33. The summed E-state index contributed by atoms with van der Waals surface area (Å²) in [6.45, 7) is 0. The molecule has 2 aromatic rings. The van der Waals surface area contributed by atoms with Crippen molar-refractivity contribution in [3.8, 4) is 11.4 Å². The summed E-state index contributed by atoms with van der Waals surface area (Å²) in [5, 5.41) is 25.2. The second-order valence-corrected chi connectivity index (χ2v) is 5.27. The van der Waals surface area contributed by atoms with E-state index in [0.29, 0.717) is 11.4 Å². The number of non-ortho nitro benzene ring substituents is 1. The van der Waals surface area contributed by atoms with Gasteiger partial charge in [0.25, 0.3) is 5.69 Å². The quantitative estimate of drug-likeness (QED) is 0.691. The molecule has 1 N–H and O–H groups in total. The summed E-state index contributed by atoms with van der Waals surface area (Å²) in [4.78, 5) is 14.6. The smallest absolute Gasteiger partial charge is 0.270 e. The van der Waals surface area contributed by atoms with Crippen molar-refractivity contribution in [1.82, 2.24) is 14.8 Å². The van der Waals surface area contributed by atoms with E-state index in [9.17, 15) is 15.2 Å². The number of nitro benzene ring substituents is 1. The molecule has 0 saturated heterocycles. The van der Waals surface area contributed by atoms with Gasteiger partial charge in [-0.25, -0.2) is 9.67 Å². The molecule has 7 heteroatoms. The van der Waals surface area contributed by atoms with E-state index in [1.54, 1.807) is 23.1 Å². The summed E-state index contributed by atoms with van der Waals surface area (Å²) in [6.07, 6.45) is 4.93. The maximum absolute atomic E-state index is 10.8. The van der Waals surface area contributed by atoms with Gasteiger partial charge in [0, 0.05) is 17.7 Å². The van der Waals surface area contributed by atoms with E-state index < -0.39 is 11.0 Å². The first-order valence-electron chi connectivity index (χ1n) is 6.99. The third-order valence-corrected chi connectivity index (χ3v) is 3.86. The van der Waals surface area contributed by atoms with Crippen molar-refractivity contribution in [3.63, 3.8) is 0 Å². The second kappa shape index (κ2) is 5.61. The number of aliphatic hydroxyl groups excluding tert-OH is 1. The maximum Gasteiger partial charge on any atom is 0.270 e. The molecule has 1 fully saturated rings. The number of hydrogen-bond donors (Lipinski definition) is 1. The number of nitro groups is 1. The van der Waals surface area contributed by atoms with E-state index in [-0.39, 0.29) is 11.7 Å². The minimum Gasteiger partial charge on any atom is -0.391 e. The van der Waals surface area contributed by atoms with Crippen LogP contribution in [0, 0.1) is 10.1 Å². The third-order valence-electron chi connectivity index (χ3n) is 3.86. The molecule has 1 aromatic heterocycles. The molecule has 0 radical (unpaired) electrons. The molecule has 0 spiro atoms. The first-order chi connectivity index (χ1) is 10.1. The minimum absolute atomic E-state index is 0.0153. The average molecular weight is 288 g/mol. The van der Waals surface area contributed by atoms with Gasteiger partial charge in [0.2, 0.25) is 0 Å². The van der Waals surface area contributed by atoms with Gasteiger partial charge in [0.05, 0.1) is 17.1 Å². The lowest BCUT2D eigenvalue weighted by Crippen LogP contribution is -2.27. The molecule has 0 bridgehead atoms. The molecule has 0 aliphatic heterocycles. The molecule has 2 unspecified atom stereocenters. The van der Waals surface area contributed by atoms with Crippen LogP contribution in [-0.4, -0.2) is 30.9 Å². The highest BCUT2D eigenvalue weighted by molar-refractivity contribution is 5.58. The van der Waals surface area contributed by atoms with Crippen LogP contribution in [0.1, 0.15) is 31.7 Å². The third kappa shape index (κ3) is 2.78. The lowest BCUT2D eigenvalue weighted by Gasteiger charge is -2.27. The first-order valence-corrected chi connectivity index (χ1v) is 6.99. The Balaban J connectivity index is 1.87. The molecule has 1 heterocycles. The van der Waals surface area contributed by atoms with Crippen molar-refractivity contribution >= 4 is 5.69 Å². The number of nitrogens with zero attached hydrogens (tertiary/aromatic N) is 4. The van der Waals surface area contributed by atoms with E-state index in [0.717, 1.165) is 25.7 Å². The maximum atomic E-state index is 10.8. The van der Waals surface area contributed by atoms with Crippen LogP contribution in [0.15, 0.2) is 30.6 Å². The Morgan fingerprint density at radius 2 is 2.14 bits per heavy atom. The topological polar surface area (TPSA) is 94.1 Å². The summed E-state index contributed by atoms with van der Waals surface area (Å²) < 4.78 is 1.68. The van der Waals surface area contributed by atoms with E-state index in [2.05, 4.69) is 10.1 Å². The van der Waals surface area contributed by atoms with Crippen LogP contribution in [0.3, 0.4) is 0 Å². The Kier molecular flexibility index (Phi) is 3.66. The Hall–Kier alpha value is -2.28. The van der Waals surface area contributed by atoms with Gasteiger partial charge < -0.3 is 5.11 Å². The highest BCUT2D eigenvalue weighted by Crippen LogP contribution is 2.29. The molecule has 1 aliphatic rings. The Bertz CT molecular complexity index is 655. The molecular formula is C14H16N4O3. The van der Waals surface area contributed by atoms with E-state index >= 15 is 0 Å². The molecule has 21 heavy (non-hydrogen) atoms. The van der Waals surface area contributed by atoms with Gasteiger partial charge in [-0.15, -0.1) is 0 Å². The molecule has 110 valence electrons. The molecule has 1 aromatic carbocycles. The number of aromatic nitrogens is 3. The fourth-order valence-electron chi connectivity index (χ4n) is 2.73. The van der Waals surface area contributed by atoms with Crippen LogP contribution in [0.4, 0.5) is 5.69 Å². The normalized spacial score (nSPS) is 22.1. The second-order valence-electron chi connectivity index (χ2n) is 5.27. The zero-order valence-electron chi connectivity index (χ0n) is 11.4. The number of hydrogen-bond acceptors (Lipinski definition) is 5. The van der Waals surface area contributed by atoms with Crippen molar-refractivity contribution in [3.05, 3.63) is 40.7 Å². The number of benzene rings is 1. The molecule has 1 aliphatic carbocycles. The van der Waals surface area contributed by atoms with Crippen molar-refractivity contribution in [2.24, 2.45) is 0 Å². The van der Waals surface area contributed by atoms with Gasteiger partial charge >= 0.3 is 0 Å². The summed E-state index contributed by atoms with van der Waals surface area (Å²) in [7, 11) is 0. The van der Waals surface area contributed by atoms with E-state index in [1.165, 1.54) is 12.1 Å². The van der Waals surface area contributed by atoms with Crippen LogP contribution < -0.4 is 0 Å². The first kappa shape index (κ1) is 13.7. The molecule has 0 amide bonds. The van der Waals surface area contributed by atoms with Crippen LogP contribution >= 0.6 is 0 Å². The Morgan fingerprint density at radius 1 is 1.33 bits per heavy atom. The molecule has 7 nitrogen and oxygen atoms in total. The fourth-order valence-corrected chi connectivity index (χ4v) is 2.73. The predicted molar refractivity (Wildman–Crippen MR) is 75.6 cm³/mol. The summed E-state index contributed by atoms with van der Waals surface area (Å²) in [5.41, 5.74) is 0.620. The lowest BCUT2D eigenvalue weighted by molar-refractivity contribution is -0.384. The molecule has 2 atom stereocenters.